The van der Waals surface area contributed by atoms with Gasteiger partial charge >= 0.3 is 0 Å². The summed E-state index contributed by atoms with van der Waals surface area (Å²) < 4.78 is 31.4. The van der Waals surface area contributed by atoms with Crippen LogP contribution in [0, 0.1) is 0 Å². The Kier molecular flexibility index (Phi) is 6.39. The molecule has 0 spiro atoms. The highest BCUT2D eigenvalue weighted by atomic mass is 32.2. The summed E-state index contributed by atoms with van der Waals surface area (Å²) in [6.07, 6.45) is 4.46. The summed E-state index contributed by atoms with van der Waals surface area (Å²) in [6, 6.07) is 13.4. The molecule has 0 unspecified atom stereocenters. The number of rotatable bonds is 6. The summed E-state index contributed by atoms with van der Waals surface area (Å²) in [7, 11) is -3.40. The lowest BCUT2D eigenvalue weighted by molar-refractivity contribution is 0.102. The molecule has 0 heterocycles. The molecule has 1 aliphatic rings. The van der Waals surface area contributed by atoms with Crippen LogP contribution in [0.5, 0.6) is 5.75 Å². The first-order valence-electron chi connectivity index (χ1n) is 9.78. The molecule has 3 rings (SSSR count). The molecule has 6 heteroatoms. The third-order valence-electron chi connectivity index (χ3n) is 4.90. The third-order valence-corrected chi connectivity index (χ3v) is 7.16. The Bertz CT molecular complexity index is 914. The van der Waals surface area contributed by atoms with Crippen molar-refractivity contribution in [1.82, 2.24) is 0 Å². The molecule has 0 aromatic heterocycles. The molecule has 1 saturated carbocycles. The van der Waals surface area contributed by atoms with Gasteiger partial charge < -0.3 is 10.1 Å². The number of carbonyl (C=O) groups is 1. The molecule has 5 nitrogen and oxygen atoms in total. The molecule has 1 aliphatic carbocycles. The van der Waals surface area contributed by atoms with Crippen molar-refractivity contribution in [2.45, 2.75) is 62.2 Å². The van der Waals surface area contributed by atoms with Crippen LogP contribution in [0.3, 0.4) is 0 Å². The van der Waals surface area contributed by atoms with Crippen LogP contribution in [0.1, 0.15) is 56.3 Å². The van der Waals surface area contributed by atoms with E-state index in [0.717, 1.165) is 25.0 Å². The Labute approximate surface area is 167 Å². The van der Waals surface area contributed by atoms with Gasteiger partial charge in [0.2, 0.25) is 0 Å². The molecule has 28 heavy (non-hydrogen) atoms. The zero-order valence-electron chi connectivity index (χ0n) is 16.4. The summed E-state index contributed by atoms with van der Waals surface area (Å²) in [4.78, 5) is 12.8. The molecule has 0 atom stereocenters. The number of sulfone groups is 1. The molecular weight excluding hydrogens is 374 g/mol. The fourth-order valence-corrected chi connectivity index (χ4v) is 5.37. The predicted octanol–water partition coefficient (Wildman–Crippen LogP) is 4.83. The van der Waals surface area contributed by atoms with E-state index in [-0.39, 0.29) is 22.2 Å². The second kappa shape index (κ2) is 8.78. The first-order valence-corrected chi connectivity index (χ1v) is 11.3. The van der Waals surface area contributed by atoms with Crippen LogP contribution in [0.2, 0.25) is 0 Å². The number of carbonyl (C=O) groups excluding carboxylic acids is 1. The van der Waals surface area contributed by atoms with Crippen molar-refractivity contribution in [3.05, 3.63) is 54.1 Å². The SMILES string of the molecule is CC(C)Oc1ccc(NC(=O)c2cccc(S(=O)(=O)C3CCCCC3)c2)cc1. The van der Waals surface area contributed by atoms with Gasteiger partial charge in [-0.2, -0.15) is 0 Å². The molecule has 150 valence electrons. The average molecular weight is 402 g/mol. The van der Waals surface area contributed by atoms with Crippen molar-refractivity contribution in [3.63, 3.8) is 0 Å². The topological polar surface area (TPSA) is 72.5 Å². The first-order chi connectivity index (χ1) is 13.4. The number of nitrogens with one attached hydrogen (secondary N) is 1. The summed E-state index contributed by atoms with van der Waals surface area (Å²) in [6.45, 7) is 3.90. The van der Waals surface area contributed by atoms with E-state index in [1.807, 2.05) is 13.8 Å². The fourth-order valence-electron chi connectivity index (χ4n) is 3.47. The fraction of sp³-hybridized carbons (Fsp3) is 0.409. The highest BCUT2D eigenvalue weighted by Gasteiger charge is 2.29. The van der Waals surface area contributed by atoms with Gasteiger partial charge in [0.05, 0.1) is 16.2 Å². The van der Waals surface area contributed by atoms with Crippen molar-refractivity contribution in [1.29, 1.82) is 0 Å². The van der Waals surface area contributed by atoms with Crippen LogP contribution in [0.15, 0.2) is 53.4 Å². The van der Waals surface area contributed by atoms with Crippen molar-refractivity contribution < 1.29 is 17.9 Å². The Morgan fingerprint density at radius 3 is 2.36 bits per heavy atom. The van der Waals surface area contributed by atoms with Gasteiger partial charge in [0.1, 0.15) is 5.75 Å². The van der Waals surface area contributed by atoms with Gasteiger partial charge in [-0.3, -0.25) is 4.79 Å². The minimum atomic E-state index is -3.40. The van der Waals surface area contributed by atoms with E-state index in [9.17, 15) is 13.2 Å². The van der Waals surface area contributed by atoms with Gasteiger partial charge in [-0.25, -0.2) is 8.42 Å². The number of anilines is 1. The van der Waals surface area contributed by atoms with E-state index in [1.54, 1.807) is 42.5 Å². The molecule has 1 fully saturated rings. The van der Waals surface area contributed by atoms with Crippen LogP contribution in [0.4, 0.5) is 5.69 Å². The van der Waals surface area contributed by atoms with Crippen molar-refractivity contribution in [2.75, 3.05) is 5.32 Å². The number of benzene rings is 2. The maximum atomic E-state index is 12.9. The van der Waals surface area contributed by atoms with E-state index in [0.29, 0.717) is 24.1 Å². The highest BCUT2D eigenvalue weighted by Crippen LogP contribution is 2.29. The third kappa shape index (κ3) is 4.93. The molecule has 0 bridgehead atoms. The summed E-state index contributed by atoms with van der Waals surface area (Å²) in [5.41, 5.74) is 0.959. The van der Waals surface area contributed by atoms with Crippen LogP contribution in [-0.4, -0.2) is 25.7 Å². The minimum absolute atomic E-state index is 0.0781. The lowest BCUT2D eigenvalue weighted by Crippen LogP contribution is -2.24. The Hall–Kier alpha value is -2.34. The molecule has 0 aliphatic heterocycles. The first kappa shape index (κ1) is 20.4. The zero-order chi connectivity index (χ0) is 20.1. The van der Waals surface area contributed by atoms with Gasteiger partial charge in [0.25, 0.3) is 5.91 Å². The number of hydrogen-bond acceptors (Lipinski definition) is 4. The maximum Gasteiger partial charge on any atom is 0.255 e. The van der Waals surface area contributed by atoms with E-state index >= 15 is 0 Å². The van der Waals surface area contributed by atoms with E-state index in [2.05, 4.69) is 5.32 Å². The predicted molar refractivity (Wildman–Crippen MR) is 111 cm³/mol. The molecule has 0 saturated heterocycles. The molecule has 1 amide bonds. The summed E-state index contributed by atoms with van der Waals surface area (Å²) >= 11 is 0. The van der Waals surface area contributed by atoms with E-state index < -0.39 is 9.84 Å². The normalized spacial score (nSPS) is 15.4. The lowest BCUT2D eigenvalue weighted by Gasteiger charge is -2.22. The number of ether oxygens (including phenoxy) is 1. The van der Waals surface area contributed by atoms with Gasteiger partial charge in [0.15, 0.2) is 9.84 Å². The standard InChI is InChI=1S/C22H27NO4S/c1-16(2)27-19-13-11-18(12-14-19)23-22(24)17-7-6-10-21(15-17)28(25,26)20-8-4-3-5-9-20/h6-7,10-16,20H,3-5,8-9H2,1-2H3,(H,23,24). The second-order valence-electron chi connectivity index (χ2n) is 7.48. The largest absolute Gasteiger partial charge is 0.491 e. The minimum Gasteiger partial charge on any atom is -0.491 e. The second-order valence-corrected chi connectivity index (χ2v) is 9.71. The van der Waals surface area contributed by atoms with Gasteiger partial charge in [-0.15, -0.1) is 0 Å². The van der Waals surface area contributed by atoms with Crippen LogP contribution < -0.4 is 10.1 Å². The average Bonchev–Trinajstić information content (AvgIpc) is 2.70. The van der Waals surface area contributed by atoms with Gasteiger partial charge in [-0.1, -0.05) is 25.3 Å². The monoisotopic (exact) mass is 401 g/mol. The number of hydrogen-bond donors (Lipinski definition) is 1. The molecule has 1 N–H and O–H groups in total. The van der Waals surface area contributed by atoms with Crippen molar-refractivity contribution >= 4 is 21.4 Å². The van der Waals surface area contributed by atoms with Gasteiger partial charge in [0, 0.05) is 11.3 Å². The van der Waals surface area contributed by atoms with E-state index in [4.69, 9.17) is 4.74 Å². The highest BCUT2D eigenvalue weighted by molar-refractivity contribution is 7.92. The van der Waals surface area contributed by atoms with Crippen molar-refractivity contribution in [2.24, 2.45) is 0 Å². The lowest BCUT2D eigenvalue weighted by atomic mass is 10.0. The zero-order valence-corrected chi connectivity index (χ0v) is 17.2. The smallest absolute Gasteiger partial charge is 0.255 e. The molecule has 0 radical (unpaired) electrons. The van der Waals surface area contributed by atoms with Gasteiger partial charge in [-0.05, 0) is 69.2 Å². The summed E-state index contributed by atoms with van der Waals surface area (Å²) in [5.74, 6) is 0.395. The Balaban J connectivity index is 1.73. The van der Waals surface area contributed by atoms with Crippen molar-refractivity contribution in [3.8, 4) is 5.75 Å². The van der Waals surface area contributed by atoms with Crippen LogP contribution in [-0.2, 0) is 9.84 Å². The van der Waals surface area contributed by atoms with E-state index in [1.165, 1.54) is 6.07 Å². The molecule has 2 aromatic carbocycles. The number of amides is 1. The summed E-state index contributed by atoms with van der Waals surface area (Å²) in [5, 5.41) is 2.47. The maximum absolute atomic E-state index is 12.9. The van der Waals surface area contributed by atoms with Crippen LogP contribution >= 0.6 is 0 Å². The molecular formula is C22H27NO4S. The molecule has 2 aromatic rings. The van der Waals surface area contributed by atoms with Crippen LogP contribution in [0.25, 0.3) is 0 Å². The Morgan fingerprint density at radius 2 is 1.71 bits per heavy atom. The quantitative estimate of drug-likeness (QED) is 0.752. The Morgan fingerprint density at radius 1 is 1.04 bits per heavy atom.